The van der Waals surface area contributed by atoms with Crippen molar-refractivity contribution in [1.29, 1.82) is 0 Å². The number of ether oxygens (including phenoxy) is 1. The van der Waals surface area contributed by atoms with Gasteiger partial charge in [-0.05, 0) is 30.5 Å². The Hall–Kier alpha value is -1.56. The Labute approximate surface area is 132 Å². The fourth-order valence-electron chi connectivity index (χ4n) is 1.74. The Balaban J connectivity index is 2.29. The van der Waals surface area contributed by atoms with Gasteiger partial charge in [-0.3, -0.25) is 4.79 Å². The van der Waals surface area contributed by atoms with Crippen molar-refractivity contribution in [3.8, 4) is 5.75 Å². The third kappa shape index (κ3) is 6.62. The summed E-state index contributed by atoms with van der Waals surface area (Å²) in [6.07, 6.45) is 0.771. The largest absolute Gasteiger partial charge is 0.494 e. The average molecular weight is 358 g/mol. The van der Waals surface area contributed by atoms with Gasteiger partial charge in [-0.2, -0.15) is 0 Å². The number of aliphatic carboxylic acids is 1. The summed E-state index contributed by atoms with van der Waals surface area (Å²) < 4.78 is 6.44. The molecule has 0 saturated carbocycles. The lowest BCUT2D eigenvalue weighted by Crippen LogP contribution is -2.44. The van der Waals surface area contributed by atoms with Crippen LogP contribution < -0.4 is 10.1 Å². The van der Waals surface area contributed by atoms with Gasteiger partial charge in [0, 0.05) is 10.9 Å². The maximum absolute atomic E-state index is 11.7. The van der Waals surface area contributed by atoms with Crippen LogP contribution in [0.25, 0.3) is 0 Å². The number of hydrogen-bond acceptors (Lipinski definition) is 3. The van der Waals surface area contributed by atoms with Crippen LogP contribution in [0, 0.1) is 5.92 Å². The third-order valence-electron chi connectivity index (χ3n) is 2.86. The number of carboxylic acid groups (broad SMARTS) is 1. The number of carbonyl (C=O) groups excluding carboxylic acids is 1. The first-order chi connectivity index (χ1) is 9.90. The molecule has 0 saturated heterocycles. The lowest BCUT2D eigenvalue weighted by atomic mass is 10.0. The second-order valence-corrected chi connectivity index (χ2v) is 5.95. The van der Waals surface area contributed by atoms with Gasteiger partial charge in [0.15, 0.2) is 0 Å². The minimum Gasteiger partial charge on any atom is -0.494 e. The number of benzene rings is 1. The maximum Gasteiger partial charge on any atom is 0.326 e. The summed E-state index contributed by atoms with van der Waals surface area (Å²) in [6.45, 7) is 3.92. The zero-order chi connectivity index (χ0) is 15.8. The molecule has 0 bridgehead atoms. The molecule has 0 unspecified atom stereocenters. The maximum atomic E-state index is 11.7. The summed E-state index contributed by atoms with van der Waals surface area (Å²) >= 11 is 3.35. The molecule has 0 aromatic heterocycles. The monoisotopic (exact) mass is 357 g/mol. The highest BCUT2D eigenvalue weighted by molar-refractivity contribution is 9.10. The Morgan fingerprint density at radius 1 is 1.38 bits per heavy atom. The third-order valence-corrected chi connectivity index (χ3v) is 3.36. The first kappa shape index (κ1) is 17.5. The summed E-state index contributed by atoms with van der Waals surface area (Å²) in [5, 5.41) is 11.5. The second-order valence-electron chi connectivity index (χ2n) is 5.04. The van der Waals surface area contributed by atoms with Gasteiger partial charge < -0.3 is 15.2 Å². The summed E-state index contributed by atoms with van der Waals surface area (Å²) in [4.78, 5) is 22.7. The highest BCUT2D eigenvalue weighted by Gasteiger charge is 2.22. The molecule has 6 heteroatoms. The highest BCUT2D eigenvalue weighted by atomic mass is 79.9. The smallest absolute Gasteiger partial charge is 0.326 e. The zero-order valence-corrected chi connectivity index (χ0v) is 13.7. The van der Waals surface area contributed by atoms with Crippen LogP contribution in [0.15, 0.2) is 28.7 Å². The molecule has 0 heterocycles. The molecule has 0 radical (unpaired) electrons. The molecule has 1 amide bonds. The zero-order valence-electron chi connectivity index (χ0n) is 12.1. The summed E-state index contributed by atoms with van der Waals surface area (Å²) in [5.41, 5.74) is 0. The topological polar surface area (TPSA) is 75.6 Å². The minimum absolute atomic E-state index is 0.149. The molecular weight excluding hydrogens is 338 g/mol. The standard InChI is InChI=1S/C15H20BrNO4/c1-10(2)14(15(19)20)17-13(18)7-4-8-21-12-6-3-5-11(16)9-12/h3,5-6,9-10,14H,4,7-8H2,1-2H3,(H,17,18)(H,19,20)/t14-/m1/s1. The van der Waals surface area contributed by atoms with E-state index >= 15 is 0 Å². The van der Waals surface area contributed by atoms with Gasteiger partial charge in [0.05, 0.1) is 6.61 Å². The summed E-state index contributed by atoms with van der Waals surface area (Å²) in [6, 6.07) is 6.61. The molecule has 1 atom stereocenters. The molecule has 2 N–H and O–H groups in total. The molecule has 0 aliphatic carbocycles. The molecule has 21 heavy (non-hydrogen) atoms. The SMILES string of the molecule is CC(C)[C@@H](NC(=O)CCCOc1cccc(Br)c1)C(=O)O. The van der Waals surface area contributed by atoms with Gasteiger partial charge in [0.25, 0.3) is 0 Å². The van der Waals surface area contributed by atoms with E-state index in [4.69, 9.17) is 9.84 Å². The van der Waals surface area contributed by atoms with Crippen LogP contribution in [-0.2, 0) is 9.59 Å². The van der Waals surface area contributed by atoms with Crippen molar-refractivity contribution >= 4 is 27.8 Å². The lowest BCUT2D eigenvalue weighted by Gasteiger charge is -2.17. The van der Waals surface area contributed by atoms with E-state index in [1.165, 1.54) is 0 Å². The van der Waals surface area contributed by atoms with E-state index < -0.39 is 12.0 Å². The number of amides is 1. The number of halogens is 1. The predicted octanol–water partition coefficient (Wildman–Crippen LogP) is 2.83. The van der Waals surface area contributed by atoms with Crippen LogP contribution in [0.3, 0.4) is 0 Å². The van der Waals surface area contributed by atoms with Crippen molar-refractivity contribution in [3.63, 3.8) is 0 Å². The molecule has 1 aromatic carbocycles. The van der Waals surface area contributed by atoms with Crippen molar-refractivity contribution in [3.05, 3.63) is 28.7 Å². The Bertz CT molecular complexity index is 490. The van der Waals surface area contributed by atoms with E-state index in [-0.39, 0.29) is 18.2 Å². The van der Waals surface area contributed by atoms with E-state index in [9.17, 15) is 9.59 Å². The van der Waals surface area contributed by atoms with Crippen molar-refractivity contribution < 1.29 is 19.4 Å². The highest BCUT2D eigenvalue weighted by Crippen LogP contribution is 2.17. The summed E-state index contributed by atoms with van der Waals surface area (Å²) in [7, 11) is 0. The normalized spacial score (nSPS) is 12.0. The molecule has 1 rings (SSSR count). The molecule has 5 nitrogen and oxygen atoms in total. The molecular formula is C15H20BrNO4. The van der Waals surface area contributed by atoms with E-state index in [1.807, 2.05) is 24.3 Å². The lowest BCUT2D eigenvalue weighted by molar-refractivity contribution is -0.143. The van der Waals surface area contributed by atoms with Crippen LogP contribution in [0.4, 0.5) is 0 Å². The van der Waals surface area contributed by atoms with Crippen LogP contribution in [0.5, 0.6) is 5.75 Å². The van der Waals surface area contributed by atoms with Crippen molar-refractivity contribution in [2.75, 3.05) is 6.61 Å². The number of nitrogens with one attached hydrogen (secondary N) is 1. The average Bonchev–Trinajstić information content (AvgIpc) is 2.40. The molecule has 116 valence electrons. The number of carboxylic acids is 1. The number of hydrogen-bond donors (Lipinski definition) is 2. The second kappa shape index (κ2) is 8.67. The van der Waals surface area contributed by atoms with Gasteiger partial charge in [-0.1, -0.05) is 35.8 Å². The van der Waals surface area contributed by atoms with Crippen LogP contribution in [0.1, 0.15) is 26.7 Å². The van der Waals surface area contributed by atoms with Gasteiger partial charge in [-0.25, -0.2) is 4.79 Å². The van der Waals surface area contributed by atoms with Crippen molar-refractivity contribution in [2.24, 2.45) is 5.92 Å². The van der Waals surface area contributed by atoms with Gasteiger partial charge in [-0.15, -0.1) is 0 Å². The minimum atomic E-state index is -1.01. The molecule has 0 fully saturated rings. The van der Waals surface area contributed by atoms with Crippen molar-refractivity contribution in [1.82, 2.24) is 5.32 Å². The number of rotatable bonds is 8. The molecule has 0 spiro atoms. The van der Waals surface area contributed by atoms with Crippen LogP contribution in [-0.4, -0.2) is 29.6 Å². The van der Waals surface area contributed by atoms with E-state index in [1.54, 1.807) is 13.8 Å². The molecule has 1 aromatic rings. The van der Waals surface area contributed by atoms with Crippen LogP contribution in [0.2, 0.25) is 0 Å². The van der Waals surface area contributed by atoms with E-state index in [0.717, 1.165) is 10.2 Å². The molecule has 0 aliphatic rings. The van der Waals surface area contributed by atoms with Crippen LogP contribution >= 0.6 is 15.9 Å². The summed E-state index contributed by atoms with van der Waals surface area (Å²) in [5.74, 6) is -0.697. The van der Waals surface area contributed by atoms with Gasteiger partial charge in [0.1, 0.15) is 11.8 Å². The van der Waals surface area contributed by atoms with Crippen molar-refractivity contribution in [2.45, 2.75) is 32.7 Å². The van der Waals surface area contributed by atoms with Gasteiger partial charge in [0.2, 0.25) is 5.91 Å². The Morgan fingerprint density at radius 3 is 2.67 bits per heavy atom. The Kier molecular flexibility index (Phi) is 7.22. The first-order valence-corrected chi connectivity index (χ1v) is 7.60. The van der Waals surface area contributed by atoms with E-state index in [2.05, 4.69) is 21.2 Å². The predicted molar refractivity (Wildman–Crippen MR) is 83.3 cm³/mol. The van der Waals surface area contributed by atoms with Gasteiger partial charge >= 0.3 is 5.97 Å². The fraction of sp³-hybridized carbons (Fsp3) is 0.467. The fourth-order valence-corrected chi connectivity index (χ4v) is 2.12. The number of carbonyl (C=O) groups is 2. The molecule has 0 aliphatic heterocycles. The quantitative estimate of drug-likeness (QED) is 0.701. The van der Waals surface area contributed by atoms with E-state index in [0.29, 0.717) is 13.0 Å². The first-order valence-electron chi connectivity index (χ1n) is 6.80. The Morgan fingerprint density at radius 2 is 2.10 bits per heavy atom.